The second-order valence-corrected chi connectivity index (χ2v) is 7.03. The molecule has 1 fully saturated rings. The van der Waals surface area contributed by atoms with Gasteiger partial charge < -0.3 is 10.1 Å². The number of hydrogen-bond donors (Lipinski definition) is 2. The van der Waals surface area contributed by atoms with Gasteiger partial charge in [0.25, 0.3) is 0 Å². The highest BCUT2D eigenvalue weighted by Crippen LogP contribution is 2.22. The number of benzene rings is 1. The van der Waals surface area contributed by atoms with Crippen LogP contribution in [0.2, 0.25) is 0 Å². The fourth-order valence-corrected chi connectivity index (χ4v) is 3.16. The molecule has 2 rings (SSSR count). The van der Waals surface area contributed by atoms with Crippen molar-refractivity contribution in [1.29, 1.82) is 0 Å². The molecule has 0 amide bonds. The van der Waals surface area contributed by atoms with Crippen molar-refractivity contribution in [3.63, 3.8) is 0 Å². The molecule has 118 valence electrons. The van der Waals surface area contributed by atoms with Gasteiger partial charge in [-0.1, -0.05) is 13.3 Å². The van der Waals surface area contributed by atoms with Crippen molar-refractivity contribution >= 4 is 15.7 Å². The number of unbranched alkanes of at least 4 members (excludes halogenated alkanes) is 1. The first-order valence-corrected chi connectivity index (χ1v) is 9.04. The lowest BCUT2D eigenvalue weighted by molar-refractivity contribution is 0.141. The fourth-order valence-electron chi connectivity index (χ4n) is 1.86. The predicted molar refractivity (Wildman–Crippen MR) is 84.0 cm³/mol. The van der Waals surface area contributed by atoms with Crippen molar-refractivity contribution < 1.29 is 13.2 Å². The van der Waals surface area contributed by atoms with E-state index < -0.39 is 10.0 Å². The van der Waals surface area contributed by atoms with Crippen molar-refractivity contribution in [2.75, 3.05) is 25.1 Å². The third-order valence-electron chi connectivity index (χ3n) is 3.28. The van der Waals surface area contributed by atoms with Crippen molar-refractivity contribution in [3.05, 3.63) is 24.3 Å². The summed E-state index contributed by atoms with van der Waals surface area (Å²) in [7, 11) is -3.35. The summed E-state index contributed by atoms with van der Waals surface area (Å²) in [5.74, 6) is 0. The minimum absolute atomic E-state index is 0.132. The van der Waals surface area contributed by atoms with Crippen molar-refractivity contribution in [2.45, 2.75) is 43.5 Å². The van der Waals surface area contributed by atoms with Gasteiger partial charge in [-0.3, -0.25) is 0 Å². The molecular formula is C15H24N2O3S. The highest BCUT2D eigenvalue weighted by atomic mass is 32.2. The first-order valence-electron chi connectivity index (χ1n) is 7.56. The summed E-state index contributed by atoms with van der Waals surface area (Å²) in [6.45, 7) is 4.30. The Balaban J connectivity index is 1.76. The lowest BCUT2D eigenvalue weighted by Gasteiger charge is -2.09. The van der Waals surface area contributed by atoms with Gasteiger partial charge in [0.15, 0.2) is 0 Å². The summed E-state index contributed by atoms with van der Waals surface area (Å²) in [4.78, 5) is 0.319. The lowest BCUT2D eigenvalue weighted by Crippen LogP contribution is -2.25. The largest absolute Gasteiger partial charge is 0.383 e. The van der Waals surface area contributed by atoms with E-state index in [0.29, 0.717) is 11.5 Å². The minimum Gasteiger partial charge on any atom is -0.383 e. The Hall–Kier alpha value is -1.11. The minimum atomic E-state index is -3.35. The zero-order valence-corrected chi connectivity index (χ0v) is 13.3. The van der Waals surface area contributed by atoms with Gasteiger partial charge in [-0.25, -0.2) is 13.1 Å². The van der Waals surface area contributed by atoms with Crippen molar-refractivity contribution in [1.82, 2.24) is 4.72 Å². The van der Waals surface area contributed by atoms with E-state index in [2.05, 4.69) is 17.0 Å². The van der Waals surface area contributed by atoms with E-state index in [-0.39, 0.29) is 6.04 Å². The van der Waals surface area contributed by atoms with Crippen LogP contribution < -0.4 is 10.0 Å². The first-order chi connectivity index (χ1) is 10.1. The maximum Gasteiger partial charge on any atom is 0.240 e. The van der Waals surface area contributed by atoms with Crippen LogP contribution in [0.5, 0.6) is 0 Å². The number of rotatable bonds is 10. The molecule has 0 aromatic heterocycles. The van der Waals surface area contributed by atoms with Gasteiger partial charge >= 0.3 is 0 Å². The first kappa shape index (κ1) is 16.3. The van der Waals surface area contributed by atoms with Crippen molar-refractivity contribution in [2.24, 2.45) is 0 Å². The van der Waals surface area contributed by atoms with Gasteiger partial charge in [0.2, 0.25) is 10.0 Å². The van der Waals surface area contributed by atoms with Crippen LogP contribution in [0.25, 0.3) is 0 Å². The van der Waals surface area contributed by atoms with Crippen LogP contribution in [0, 0.1) is 0 Å². The van der Waals surface area contributed by atoms with Crippen LogP contribution in [-0.4, -0.2) is 34.2 Å². The van der Waals surface area contributed by atoms with Gasteiger partial charge in [0, 0.05) is 24.9 Å². The standard InChI is InChI=1S/C15H24N2O3S/c1-2-3-11-20-12-10-16-13-6-8-15(9-7-13)21(18,19)17-14-4-5-14/h6-9,14,16-17H,2-5,10-12H2,1H3. The summed E-state index contributed by atoms with van der Waals surface area (Å²) < 4.78 is 32.1. The summed E-state index contributed by atoms with van der Waals surface area (Å²) in [6.07, 6.45) is 4.10. The quantitative estimate of drug-likeness (QED) is 0.651. The van der Waals surface area contributed by atoms with E-state index in [9.17, 15) is 8.42 Å². The van der Waals surface area contributed by atoms with E-state index in [0.717, 1.165) is 44.5 Å². The second-order valence-electron chi connectivity index (χ2n) is 5.31. The smallest absolute Gasteiger partial charge is 0.240 e. The molecule has 0 radical (unpaired) electrons. The normalized spacial score (nSPS) is 15.1. The number of nitrogens with one attached hydrogen (secondary N) is 2. The van der Waals surface area contributed by atoms with Crippen LogP contribution in [0.3, 0.4) is 0 Å². The van der Waals surface area contributed by atoms with E-state index in [1.165, 1.54) is 0 Å². The monoisotopic (exact) mass is 312 g/mol. The van der Waals surface area contributed by atoms with Gasteiger partial charge in [0.1, 0.15) is 0 Å². The maximum absolute atomic E-state index is 12.0. The van der Waals surface area contributed by atoms with E-state index >= 15 is 0 Å². The molecule has 0 bridgehead atoms. The Morgan fingerprint density at radius 2 is 1.90 bits per heavy atom. The molecule has 0 atom stereocenters. The molecule has 0 saturated heterocycles. The molecule has 1 aromatic carbocycles. The van der Waals surface area contributed by atoms with Gasteiger partial charge in [-0.05, 0) is 43.5 Å². The Bertz CT molecular complexity index is 524. The lowest BCUT2D eigenvalue weighted by atomic mass is 10.3. The van der Waals surface area contributed by atoms with E-state index in [1.807, 2.05) is 0 Å². The Kier molecular flexibility index (Phi) is 6.02. The summed E-state index contributed by atoms with van der Waals surface area (Å²) in [5, 5.41) is 3.21. The highest BCUT2D eigenvalue weighted by molar-refractivity contribution is 7.89. The van der Waals surface area contributed by atoms with Crippen LogP contribution >= 0.6 is 0 Å². The third-order valence-corrected chi connectivity index (χ3v) is 4.82. The van der Waals surface area contributed by atoms with Gasteiger partial charge in [0.05, 0.1) is 11.5 Å². The molecule has 6 heteroatoms. The molecule has 0 heterocycles. The fraction of sp³-hybridized carbons (Fsp3) is 0.600. The number of hydrogen-bond acceptors (Lipinski definition) is 4. The van der Waals surface area contributed by atoms with Gasteiger partial charge in [-0.15, -0.1) is 0 Å². The number of ether oxygens (including phenoxy) is 1. The Morgan fingerprint density at radius 3 is 2.52 bits per heavy atom. The number of sulfonamides is 1. The number of anilines is 1. The third kappa shape index (κ3) is 5.65. The maximum atomic E-state index is 12.0. The van der Waals surface area contributed by atoms with Crippen LogP contribution in [0.15, 0.2) is 29.2 Å². The Labute approximate surface area is 127 Å². The molecule has 0 spiro atoms. The zero-order valence-electron chi connectivity index (χ0n) is 12.5. The Morgan fingerprint density at radius 1 is 1.19 bits per heavy atom. The molecule has 1 saturated carbocycles. The summed E-state index contributed by atoms with van der Waals surface area (Å²) in [6, 6.07) is 6.96. The summed E-state index contributed by atoms with van der Waals surface area (Å²) in [5.41, 5.74) is 0.902. The molecule has 0 unspecified atom stereocenters. The zero-order chi connectivity index (χ0) is 15.1. The van der Waals surface area contributed by atoms with Crippen LogP contribution in [0.1, 0.15) is 32.6 Å². The average molecular weight is 312 g/mol. The van der Waals surface area contributed by atoms with Crippen LogP contribution in [0.4, 0.5) is 5.69 Å². The topological polar surface area (TPSA) is 67.4 Å². The van der Waals surface area contributed by atoms with Crippen molar-refractivity contribution in [3.8, 4) is 0 Å². The SMILES string of the molecule is CCCCOCCNc1ccc(S(=O)(=O)NC2CC2)cc1. The summed E-state index contributed by atoms with van der Waals surface area (Å²) >= 11 is 0. The van der Waals surface area contributed by atoms with E-state index in [1.54, 1.807) is 24.3 Å². The predicted octanol–water partition coefficient (Wildman–Crippen LogP) is 2.36. The molecule has 21 heavy (non-hydrogen) atoms. The second kappa shape index (κ2) is 7.77. The van der Waals surface area contributed by atoms with Gasteiger partial charge in [-0.2, -0.15) is 0 Å². The molecule has 2 N–H and O–H groups in total. The average Bonchev–Trinajstić information content (AvgIpc) is 3.26. The molecule has 0 aliphatic heterocycles. The highest BCUT2D eigenvalue weighted by Gasteiger charge is 2.27. The molecular weight excluding hydrogens is 288 g/mol. The molecule has 1 aromatic rings. The molecule has 5 nitrogen and oxygen atoms in total. The van der Waals surface area contributed by atoms with E-state index in [4.69, 9.17) is 4.74 Å². The molecule has 1 aliphatic carbocycles. The molecule has 1 aliphatic rings. The van der Waals surface area contributed by atoms with Crippen LogP contribution in [-0.2, 0) is 14.8 Å².